The number of carbonyl (C=O) groups excluding carboxylic acids is 1. The second-order valence-corrected chi connectivity index (χ2v) is 7.56. The lowest BCUT2D eigenvalue weighted by molar-refractivity contribution is -0.118. The van der Waals surface area contributed by atoms with Crippen molar-refractivity contribution >= 4 is 17.7 Å². The molecule has 0 fully saturated rings. The lowest BCUT2D eigenvalue weighted by atomic mass is 9.96. The number of nitrogens with one attached hydrogen (secondary N) is 1. The third-order valence-electron chi connectivity index (χ3n) is 5.63. The van der Waals surface area contributed by atoms with E-state index in [4.69, 9.17) is 4.99 Å². The average molecular weight is 379 g/mol. The molecule has 2 heterocycles. The number of rotatable bonds is 4. The predicted octanol–water partition coefficient (Wildman–Crippen LogP) is 4.25. The van der Waals surface area contributed by atoms with Crippen LogP contribution >= 0.6 is 0 Å². The molecule has 0 spiro atoms. The summed E-state index contributed by atoms with van der Waals surface area (Å²) in [7, 11) is 0. The van der Waals surface area contributed by atoms with Gasteiger partial charge in [0.25, 0.3) is 0 Å². The quantitative estimate of drug-likeness (QED) is 0.737. The van der Waals surface area contributed by atoms with E-state index in [0.29, 0.717) is 13.0 Å². The number of amides is 1. The fourth-order valence-corrected chi connectivity index (χ4v) is 4.06. The summed E-state index contributed by atoms with van der Waals surface area (Å²) in [4.78, 5) is 21.7. The lowest BCUT2D eigenvalue weighted by Crippen LogP contribution is -2.28. The van der Waals surface area contributed by atoms with Gasteiger partial charge in [-0.25, -0.2) is 0 Å². The van der Waals surface area contributed by atoms with Crippen molar-refractivity contribution in [1.29, 1.82) is 0 Å². The molecule has 0 bridgehead atoms. The Hall–Kier alpha value is -3.53. The fourth-order valence-electron chi connectivity index (χ4n) is 4.06. The largest absolute Gasteiger partial charge is 0.346 e. The molecule has 1 N–H and O–H groups in total. The van der Waals surface area contributed by atoms with Crippen molar-refractivity contribution in [3.63, 3.8) is 0 Å². The third-order valence-corrected chi connectivity index (χ3v) is 5.63. The first-order chi connectivity index (χ1) is 14.2. The van der Waals surface area contributed by atoms with Crippen LogP contribution in [-0.2, 0) is 17.8 Å². The molecule has 4 nitrogen and oxygen atoms in total. The Morgan fingerprint density at radius 2 is 1.83 bits per heavy atom. The molecule has 4 heteroatoms. The second-order valence-electron chi connectivity index (χ2n) is 7.56. The summed E-state index contributed by atoms with van der Waals surface area (Å²) in [6.45, 7) is 2.70. The molecule has 1 aliphatic carbocycles. The molecule has 29 heavy (non-hydrogen) atoms. The summed E-state index contributed by atoms with van der Waals surface area (Å²) in [6, 6.07) is 18.4. The number of aliphatic imine (C=N–C) groups is 1. The van der Waals surface area contributed by atoms with Crippen LogP contribution in [0.3, 0.4) is 0 Å². The highest BCUT2D eigenvalue weighted by molar-refractivity contribution is 6.15. The molecule has 5 rings (SSSR count). The highest BCUT2D eigenvalue weighted by Crippen LogP contribution is 2.32. The number of benzene rings is 2. The summed E-state index contributed by atoms with van der Waals surface area (Å²) in [5.74, 6) is 0.000682. The van der Waals surface area contributed by atoms with E-state index in [1.165, 1.54) is 11.1 Å². The van der Waals surface area contributed by atoms with E-state index in [9.17, 15) is 4.79 Å². The Morgan fingerprint density at radius 1 is 1.03 bits per heavy atom. The van der Waals surface area contributed by atoms with Crippen LogP contribution in [0, 0.1) is 0 Å². The molecule has 142 valence electrons. The first kappa shape index (κ1) is 17.6. The molecule has 2 aromatic carbocycles. The van der Waals surface area contributed by atoms with Gasteiger partial charge in [0.1, 0.15) is 0 Å². The number of carbonyl (C=O) groups is 1. The molecule has 1 aliphatic heterocycles. The average Bonchev–Trinajstić information content (AvgIpc) is 3.36. The fraction of sp³-hybridized carbons (Fsp3) is 0.160. The van der Waals surface area contributed by atoms with Gasteiger partial charge in [-0.3, -0.25) is 14.8 Å². The van der Waals surface area contributed by atoms with Gasteiger partial charge in [0.2, 0.25) is 5.91 Å². The van der Waals surface area contributed by atoms with E-state index >= 15 is 0 Å². The minimum absolute atomic E-state index is 0.000682. The van der Waals surface area contributed by atoms with Crippen molar-refractivity contribution in [2.24, 2.45) is 4.99 Å². The van der Waals surface area contributed by atoms with Gasteiger partial charge in [-0.05, 0) is 53.5 Å². The molecule has 1 atom stereocenters. The van der Waals surface area contributed by atoms with Gasteiger partial charge in [-0.15, -0.1) is 0 Å². The van der Waals surface area contributed by atoms with E-state index < -0.39 is 0 Å². The molecule has 0 saturated carbocycles. The van der Waals surface area contributed by atoms with E-state index in [2.05, 4.69) is 22.4 Å². The number of aromatic nitrogens is 1. The summed E-state index contributed by atoms with van der Waals surface area (Å²) >= 11 is 0. The molecule has 1 aromatic heterocycles. The van der Waals surface area contributed by atoms with Crippen molar-refractivity contribution in [1.82, 2.24) is 10.3 Å². The topological polar surface area (TPSA) is 54.4 Å². The molecular formula is C25H21N3O. The summed E-state index contributed by atoms with van der Waals surface area (Å²) in [5, 5.41) is 3.13. The Labute approximate surface area is 170 Å². The maximum absolute atomic E-state index is 12.8. The van der Waals surface area contributed by atoms with Gasteiger partial charge in [-0.2, -0.15) is 0 Å². The maximum Gasteiger partial charge on any atom is 0.248 e. The van der Waals surface area contributed by atoms with Crippen molar-refractivity contribution in [3.8, 4) is 0 Å². The van der Waals surface area contributed by atoms with E-state index in [-0.39, 0.29) is 11.9 Å². The van der Waals surface area contributed by atoms with Crippen LogP contribution in [0.5, 0.6) is 0 Å². The van der Waals surface area contributed by atoms with E-state index in [0.717, 1.165) is 33.5 Å². The Balaban J connectivity index is 1.38. The number of pyridine rings is 1. The van der Waals surface area contributed by atoms with Crippen molar-refractivity contribution in [3.05, 3.63) is 106 Å². The molecule has 0 radical (unpaired) electrons. The van der Waals surface area contributed by atoms with Gasteiger partial charge >= 0.3 is 0 Å². The zero-order valence-corrected chi connectivity index (χ0v) is 16.2. The highest BCUT2D eigenvalue weighted by atomic mass is 16.1. The minimum atomic E-state index is -0.0243. The van der Waals surface area contributed by atoms with Crippen LogP contribution in [-0.4, -0.2) is 16.6 Å². The van der Waals surface area contributed by atoms with Gasteiger partial charge in [0.15, 0.2) is 0 Å². The molecule has 1 amide bonds. The number of hydrogen-bond acceptors (Lipinski definition) is 3. The summed E-state index contributed by atoms with van der Waals surface area (Å²) < 4.78 is 0. The highest BCUT2D eigenvalue weighted by Gasteiger charge is 2.25. The number of nitrogens with zero attached hydrogens (tertiary/aromatic N) is 2. The molecule has 0 saturated heterocycles. The molecule has 0 unspecified atom stereocenters. The van der Waals surface area contributed by atoms with Crippen LogP contribution in [0.25, 0.3) is 6.08 Å². The monoisotopic (exact) mass is 379 g/mol. The van der Waals surface area contributed by atoms with Crippen LogP contribution < -0.4 is 5.32 Å². The third kappa shape index (κ3) is 3.27. The van der Waals surface area contributed by atoms with Crippen LogP contribution in [0.1, 0.15) is 46.3 Å². The van der Waals surface area contributed by atoms with Crippen molar-refractivity contribution < 1.29 is 4.79 Å². The first-order valence-corrected chi connectivity index (χ1v) is 9.86. The van der Waals surface area contributed by atoms with Gasteiger partial charge < -0.3 is 5.32 Å². The normalized spacial score (nSPS) is 15.2. The molecule has 3 aromatic rings. The van der Waals surface area contributed by atoms with E-state index in [1.54, 1.807) is 12.4 Å². The molecule has 2 aliphatic rings. The van der Waals surface area contributed by atoms with Crippen molar-refractivity contribution in [2.75, 3.05) is 0 Å². The number of hydrogen-bond donors (Lipinski definition) is 1. The first-order valence-electron chi connectivity index (χ1n) is 9.86. The zero-order chi connectivity index (χ0) is 19.8. The van der Waals surface area contributed by atoms with Gasteiger partial charge in [0.05, 0.1) is 18.3 Å². The van der Waals surface area contributed by atoms with Crippen LogP contribution in [0.4, 0.5) is 0 Å². The Kier molecular flexibility index (Phi) is 4.32. The SMILES string of the molecule is C[C@@H](NC(=O)C1=Cc2cc3c(cc2C1)CN=C3c1ccncc1)c1ccccc1. The standard InChI is InChI=1S/C25H21N3O/c1-16(17-5-3-2-4-6-17)28-25(29)21-11-19-13-22-15-27-24(18-7-9-26-10-8-18)23(22)14-20(19)12-21/h2-10,12-14,16H,11,15H2,1H3,(H,28,29)/t16-/m1/s1. The molecular weight excluding hydrogens is 358 g/mol. The summed E-state index contributed by atoms with van der Waals surface area (Å²) in [5.41, 5.74) is 8.71. The summed E-state index contributed by atoms with van der Waals surface area (Å²) in [6.07, 6.45) is 6.27. The predicted molar refractivity (Wildman–Crippen MR) is 115 cm³/mol. The van der Waals surface area contributed by atoms with Gasteiger partial charge in [-0.1, -0.05) is 36.4 Å². The van der Waals surface area contributed by atoms with Crippen molar-refractivity contribution in [2.45, 2.75) is 25.9 Å². The Bertz CT molecular complexity index is 1150. The van der Waals surface area contributed by atoms with Crippen LogP contribution in [0.2, 0.25) is 0 Å². The van der Waals surface area contributed by atoms with E-state index in [1.807, 2.05) is 55.5 Å². The smallest absolute Gasteiger partial charge is 0.248 e. The number of fused-ring (bicyclic) bond motifs is 2. The van der Waals surface area contributed by atoms with Crippen LogP contribution in [0.15, 0.2) is 77.6 Å². The zero-order valence-electron chi connectivity index (χ0n) is 16.2. The minimum Gasteiger partial charge on any atom is -0.346 e. The second kappa shape index (κ2) is 7.13. The Morgan fingerprint density at radius 3 is 2.62 bits per heavy atom. The lowest BCUT2D eigenvalue weighted by Gasteiger charge is -2.14. The maximum atomic E-state index is 12.8. The van der Waals surface area contributed by atoms with Gasteiger partial charge in [0, 0.05) is 35.5 Å².